The van der Waals surface area contributed by atoms with Crippen molar-refractivity contribution in [3.8, 4) is 0 Å². The summed E-state index contributed by atoms with van der Waals surface area (Å²) in [5.74, 6) is 0.367. The Labute approximate surface area is 182 Å². The molecule has 0 aliphatic carbocycles. The molecule has 2 aromatic rings. The molecule has 3 heterocycles. The van der Waals surface area contributed by atoms with Crippen LogP contribution >= 0.6 is 0 Å². The van der Waals surface area contributed by atoms with Crippen LogP contribution in [0.5, 0.6) is 0 Å². The van der Waals surface area contributed by atoms with E-state index in [0.717, 1.165) is 42.9 Å². The molecule has 1 atom stereocenters. The van der Waals surface area contributed by atoms with E-state index in [9.17, 15) is 9.59 Å². The van der Waals surface area contributed by atoms with Crippen LogP contribution in [0.15, 0.2) is 36.4 Å². The number of hydrogen-bond donors (Lipinski definition) is 3. The first-order chi connectivity index (χ1) is 15.1. The zero-order valence-corrected chi connectivity index (χ0v) is 17.8. The Hall–Kier alpha value is -3.09. The minimum Gasteiger partial charge on any atom is -0.481 e. The van der Waals surface area contributed by atoms with Gasteiger partial charge in [-0.1, -0.05) is 30.3 Å². The van der Waals surface area contributed by atoms with E-state index in [1.54, 1.807) is 0 Å². The Morgan fingerprint density at radius 2 is 2.06 bits per heavy atom. The molecule has 0 unspecified atom stereocenters. The molecule has 3 N–H and O–H groups in total. The van der Waals surface area contributed by atoms with Crippen LogP contribution in [0.4, 0.5) is 10.6 Å². The van der Waals surface area contributed by atoms with E-state index in [1.165, 1.54) is 11.1 Å². The largest absolute Gasteiger partial charge is 0.481 e. The molecule has 4 rings (SSSR count). The van der Waals surface area contributed by atoms with E-state index in [-0.39, 0.29) is 18.4 Å². The zero-order valence-electron chi connectivity index (χ0n) is 17.8. The molecule has 164 valence electrons. The summed E-state index contributed by atoms with van der Waals surface area (Å²) in [4.78, 5) is 30.4. The number of pyridine rings is 1. The molecule has 0 bridgehead atoms. The molecule has 0 saturated carbocycles. The highest BCUT2D eigenvalue weighted by Gasteiger charge is 2.25. The lowest BCUT2D eigenvalue weighted by Crippen LogP contribution is -2.40. The number of carbonyl (C=O) groups is 2. The molecule has 1 aromatic heterocycles. The summed E-state index contributed by atoms with van der Waals surface area (Å²) in [5.41, 5.74) is 4.51. The molecule has 0 spiro atoms. The van der Waals surface area contributed by atoms with Crippen LogP contribution in [0.2, 0.25) is 0 Å². The van der Waals surface area contributed by atoms with Crippen LogP contribution in [0.1, 0.15) is 54.0 Å². The van der Waals surface area contributed by atoms with E-state index in [4.69, 9.17) is 5.11 Å². The maximum absolute atomic E-state index is 12.8. The number of carboxylic acids is 1. The van der Waals surface area contributed by atoms with Gasteiger partial charge in [-0.25, -0.2) is 9.78 Å². The Morgan fingerprint density at radius 1 is 1.19 bits per heavy atom. The molecular weight excluding hydrogens is 392 g/mol. The van der Waals surface area contributed by atoms with Crippen molar-refractivity contribution in [2.45, 2.75) is 51.0 Å². The molecule has 1 aromatic carbocycles. The lowest BCUT2D eigenvalue weighted by atomic mass is 9.89. The Kier molecular flexibility index (Phi) is 6.70. The first kappa shape index (κ1) is 21.2. The number of fused-ring (bicyclic) bond motifs is 2. The number of anilines is 1. The predicted molar refractivity (Wildman–Crippen MR) is 119 cm³/mol. The van der Waals surface area contributed by atoms with Gasteiger partial charge in [0, 0.05) is 44.7 Å². The number of benzene rings is 1. The average Bonchev–Trinajstić information content (AvgIpc) is 2.97. The van der Waals surface area contributed by atoms with E-state index in [2.05, 4.69) is 27.8 Å². The second-order valence-corrected chi connectivity index (χ2v) is 8.36. The standard InChI is InChI=1S/C24H30N4O3/c29-22(30)10-8-17-12-15-28(16-19-4-1-2-6-21(17)19)24(31)26-14-11-20-9-7-18-5-3-13-25-23(18)27-20/h1-2,4,6-7,9,17H,3,5,8,10-16H2,(H,25,27)(H,26,31)(H,29,30)/t17-/m0/s1. The van der Waals surface area contributed by atoms with Crippen LogP contribution < -0.4 is 10.6 Å². The number of urea groups is 1. The van der Waals surface area contributed by atoms with Gasteiger partial charge in [-0.05, 0) is 54.4 Å². The SMILES string of the molecule is O=C(O)CC[C@H]1CCN(C(=O)NCCc2ccc3c(n2)NCCC3)Cc2ccccc21. The van der Waals surface area contributed by atoms with E-state index in [0.29, 0.717) is 32.5 Å². The smallest absolute Gasteiger partial charge is 0.317 e. The molecule has 0 radical (unpaired) electrons. The van der Waals surface area contributed by atoms with Gasteiger partial charge in [-0.3, -0.25) is 4.79 Å². The number of rotatable bonds is 6. The topological polar surface area (TPSA) is 94.6 Å². The number of carboxylic acid groups (broad SMARTS) is 1. The summed E-state index contributed by atoms with van der Waals surface area (Å²) in [6.07, 6.45) is 4.41. The minimum atomic E-state index is -0.776. The van der Waals surface area contributed by atoms with Gasteiger partial charge in [0.1, 0.15) is 5.82 Å². The van der Waals surface area contributed by atoms with Crippen LogP contribution in [0.3, 0.4) is 0 Å². The molecule has 31 heavy (non-hydrogen) atoms. The summed E-state index contributed by atoms with van der Waals surface area (Å²) in [6, 6.07) is 12.2. The number of nitrogens with one attached hydrogen (secondary N) is 2. The number of aryl methyl sites for hydroxylation is 1. The Morgan fingerprint density at radius 3 is 2.94 bits per heavy atom. The van der Waals surface area contributed by atoms with Crippen LogP contribution in [-0.4, -0.2) is 46.6 Å². The number of nitrogens with zero attached hydrogens (tertiary/aromatic N) is 2. The lowest BCUT2D eigenvalue weighted by molar-refractivity contribution is -0.137. The number of hydrogen-bond acceptors (Lipinski definition) is 4. The van der Waals surface area contributed by atoms with E-state index < -0.39 is 5.97 Å². The highest BCUT2D eigenvalue weighted by molar-refractivity contribution is 5.74. The van der Waals surface area contributed by atoms with Crippen molar-refractivity contribution in [2.24, 2.45) is 0 Å². The number of amides is 2. The van der Waals surface area contributed by atoms with E-state index in [1.807, 2.05) is 29.2 Å². The fraction of sp³-hybridized carbons (Fsp3) is 0.458. The monoisotopic (exact) mass is 422 g/mol. The summed E-state index contributed by atoms with van der Waals surface area (Å²) < 4.78 is 0. The van der Waals surface area contributed by atoms with Crippen LogP contribution in [-0.2, 0) is 24.2 Å². The van der Waals surface area contributed by atoms with Crippen molar-refractivity contribution >= 4 is 17.8 Å². The van der Waals surface area contributed by atoms with Crippen LogP contribution in [0.25, 0.3) is 0 Å². The number of aliphatic carboxylic acids is 1. The molecule has 7 nitrogen and oxygen atoms in total. The highest BCUT2D eigenvalue weighted by Crippen LogP contribution is 2.32. The van der Waals surface area contributed by atoms with Crippen molar-refractivity contribution in [3.05, 3.63) is 58.8 Å². The van der Waals surface area contributed by atoms with Gasteiger partial charge in [0.2, 0.25) is 0 Å². The summed E-state index contributed by atoms with van der Waals surface area (Å²) in [7, 11) is 0. The van der Waals surface area contributed by atoms with Gasteiger partial charge in [0.25, 0.3) is 0 Å². The van der Waals surface area contributed by atoms with E-state index >= 15 is 0 Å². The fourth-order valence-electron chi connectivity index (χ4n) is 4.52. The lowest BCUT2D eigenvalue weighted by Gasteiger charge is -2.22. The molecular formula is C24H30N4O3. The average molecular weight is 423 g/mol. The minimum absolute atomic E-state index is 0.0789. The molecule has 0 saturated heterocycles. The third-order valence-corrected chi connectivity index (χ3v) is 6.21. The van der Waals surface area contributed by atoms with Crippen molar-refractivity contribution in [1.82, 2.24) is 15.2 Å². The van der Waals surface area contributed by atoms with Crippen molar-refractivity contribution in [3.63, 3.8) is 0 Å². The van der Waals surface area contributed by atoms with Gasteiger partial charge in [-0.2, -0.15) is 0 Å². The highest BCUT2D eigenvalue weighted by atomic mass is 16.4. The van der Waals surface area contributed by atoms with Gasteiger partial charge in [-0.15, -0.1) is 0 Å². The quantitative estimate of drug-likeness (QED) is 0.662. The zero-order chi connectivity index (χ0) is 21.6. The van der Waals surface area contributed by atoms with Gasteiger partial charge >= 0.3 is 12.0 Å². The normalized spacial score (nSPS) is 17.7. The van der Waals surface area contributed by atoms with Crippen molar-refractivity contribution < 1.29 is 14.7 Å². The Balaban J connectivity index is 1.34. The second kappa shape index (κ2) is 9.81. The maximum Gasteiger partial charge on any atom is 0.317 e. The molecule has 2 aliphatic heterocycles. The third kappa shape index (κ3) is 5.34. The van der Waals surface area contributed by atoms with Crippen molar-refractivity contribution in [1.29, 1.82) is 0 Å². The van der Waals surface area contributed by atoms with Gasteiger partial charge < -0.3 is 20.6 Å². The first-order valence-electron chi connectivity index (χ1n) is 11.1. The first-order valence-corrected chi connectivity index (χ1v) is 11.1. The number of aromatic nitrogens is 1. The third-order valence-electron chi connectivity index (χ3n) is 6.21. The Bertz CT molecular complexity index is 946. The van der Waals surface area contributed by atoms with Gasteiger partial charge in [0.15, 0.2) is 0 Å². The second-order valence-electron chi connectivity index (χ2n) is 8.36. The molecule has 0 fully saturated rings. The number of carbonyl (C=O) groups excluding carboxylic acids is 1. The fourth-order valence-corrected chi connectivity index (χ4v) is 4.52. The summed E-state index contributed by atoms with van der Waals surface area (Å²) >= 11 is 0. The van der Waals surface area contributed by atoms with Gasteiger partial charge in [0.05, 0.1) is 0 Å². The predicted octanol–water partition coefficient (Wildman–Crippen LogP) is 3.55. The summed E-state index contributed by atoms with van der Waals surface area (Å²) in [5, 5.41) is 15.5. The maximum atomic E-state index is 12.8. The summed E-state index contributed by atoms with van der Waals surface area (Å²) in [6.45, 7) is 2.66. The molecule has 2 amide bonds. The molecule has 2 aliphatic rings. The van der Waals surface area contributed by atoms with Crippen LogP contribution in [0, 0.1) is 0 Å². The molecule has 7 heteroatoms. The van der Waals surface area contributed by atoms with Crippen molar-refractivity contribution in [2.75, 3.05) is 25.0 Å².